The van der Waals surface area contributed by atoms with Crippen molar-refractivity contribution in [2.75, 3.05) is 13.1 Å². The Hall–Kier alpha value is -0.770. The van der Waals surface area contributed by atoms with Gasteiger partial charge in [-0.15, -0.1) is 0 Å². The van der Waals surface area contributed by atoms with E-state index in [1.807, 2.05) is 0 Å². The minimum Gasteiger partial charge on any atom is -0.335 e. The van der Waals surface area contributed by atoms with Crippen LogP contribution in [0.5, 0.6) is 0 Å². The fourth-order valence-corrected chi connectivity index (χ4v) is 3.14. The third kappa shape index (κ3) is 4.16. The van der Waals surface area contributed by atoms with Gasteiger partial charge in [-0.3, -0.25) is 0 Å². The van der Waals surface area contributed by atoms with E-state index in [9.17, 15) is 4.79 Å². The fourth-order valence-electron chi connectivity index (χ4n) is 3.14. The van der Waals surface area contributed by atoms with E-state index in [0.29, 0.717) is 12.0 Å². The van der Waals surface area contributed by atoms with Gasteiger partial charge in [-0.05, 0) is 51.6 Å². The van der Waals surface area contributed by atoms with Crippen LogP contribution >= 0.6 is 0 Å². The molecule has 4 heteroatoms. The monoisotopic (exact) mass is 253 g/mol. The molecule has 1 heterocycles. The summed E-state index contributed by atoms with van der Waals surface area (Å²) in [6, 6.07) is 0.725. The summed E-state index contributed by atoms with van der Waals surface area (Å²) in [7, 11) is 0. The quantitative estimate of drug-likeness (QED) is 0.720. The van der Waals surface area contributed by atoms with Crippen LogP contribution < -0.4 is 16.0 Å². The molecule has 2 aliphatic rings. The topological polar surface area (TPSA) is 53.2 Å². The SMILES string of the molecule is CC(NC(=O)NC1CCCCC1)C1CCNCC1. The van der Waals surface area contributed by atoms with Gasteiger partial charge in [0.15, 0.2) is 0 Å². The maximum Gasteiger partial charge on any atom is 0.315 e. The Morgan fingerprint density at radius 2 is 1.78 bits per heavy atom. The van der Waals surface area contributed by atoms with Crippen molar-refractivity contribution in [2.24, 2.45) is 5.92 Å². The summed E-state index contributed by atoms with van der Waals surface area (Å²) >= 11 is 0. The minimum atomic E-state index is 0.0351. The molecule has 2 rings (SSSR count). The summed E-state index contributed by atoms with van der Waals surface area (Å²) in [5.41, 5.74) is 0. The Labute approximate surface area is 110 Å². The van der Waals surface area contributed by atoms with Gasteiger partial charge in [0, 0.05) is 12.1 Å². The van der Waals surface area contributed by atoms with Crippen molar-refractivity contribution in [3.63, 3.8) is 0 Å². The van der Waals surface area contributed by atoms with Gasteiger partial charge < -0.3 is 16.0 Å². The number of hydrogen-bond donors (Lipinski definition) is 3. The van der Waals surface area contributed by atoms with Crippen LogP contribution in [0.25, 0.3) is 0 Å². The van der Waals surface area contributed by atoms with E-state index in [4.69, 9.17) is 0 Å². The molecule has 1 saturated carbocycles. The second-order valence-corrected chi connectivity index (χ2v) is 5.83. The molecule has 1 aliphatic carbocycles. The van der Waals surface area contributed by atoms with Crippen molar-refractivity contribution in [1.29, 1.82) is 0 Å². The zero-order chi connectivity index (χ0) is 12.8. The van der Waals surface area contributed by atoms with Gasteiger partial charge in [0.25, 0.3) is 0 Å². The summed E-state index contributed by atoms with van der Waals surface area (Å²) in [5.74, 6) is 0.628. The molecule has 18 heavy (non-hydrogen) atoms. The van der Waals surface area contributed by atoms with Crippen molar-refractivity contribution in [2.45, 2.75) is 64.0 Å². The average molecular weight is 253 g/mol. The molecule has 0 spiro atoms. The molecule has 0 aromatic heterocycles. The first-order valence-electron chi connectivity index (χ1n) is 7.53. The van der Waals surface area contributed by atoms with E-state index in [0.717, 1.165) is 25.9 Å². The average Bonchev–Trinajstić information content (AvgIpc) is 2.40. The Balaban J connectivity index is 1.68. The molecule has 104 valence electrons. The zero-order valence-electron chi connectivity index (χ0n) is 11.5. The van der Waals surface area contributed by atoms with Gasteiger partial charge in [0.05, 0.1) is 0 Å². The third-order valence-electron chi connectivity index (χ3n) is 4.39. The van der Waals surface area contributed by atoms with E-state index < -0.39 is 0 Å². The molecule has 1 saturated heterocycles. The van der Waals surface area contributed by atoms with Crippen molar-refractivity contribution in [3.8, 4) is 0 Å². The van der Waals surface area contributed by atoms with Gasteiger partial charge in [0.2, 0.25) is 0 Å². The molecule has 1 aliphatic heterocycles. The number of carbonyl (C=O) groups is 1. The number of hydrogen-bond acceptors (Lipinski definition) is 2. The Morgan fingerprint density at radius 1 is 1.11 bits per heavy atom. The van der Waals surface area contributed by atoms with Crippen LogP contribution in [0.15, 0.2) is 0 Å². The van der Waals surface area contributed by atoms with Gasteiger partial charge in [-0.1, -0.05) is 19.3 Å². The summed E-state index contributed by atoms with van der Waals surface area (Å²) < 4.78 is 0. The lowest BCUT2D eigenvalue weighted by Crippen LogP contribution is -2.49. The molecule has 0 radical (unpaired) electrons. The first-order valence-corrected chi connectivity index (χ1v) is 7.53. The highest BCUT2D eigenvalue weighted by Crippen LogP contribution is 2.18. The van der Waals surface area contributed by atoms with Crippen LogP contribution in [0.1, 0.15) is 51.9 Å². The van der Waals surface area contributed by atoms with Gasteiger partial charge >= 0.3 is 6.03 Å². The lowest BCUT2D eigenvalue weighted by Gasteiger charge is -2.30. The second kappa shape index (κ2) is 6.98. The maximum atomic E-state index is 11.9. The highest BCUT2D eigenvalue weighted by Gasteiger charge is 2.22. The number of urea groups is 1. The molecule has 2 amide bonds. The molecule has 1 unspecified atom stereocenters. The molecule has 1 atom stereocenters. The highest BCUT2D eigenvalue weighted by atomic mass is 16.2. The van der Waals surface area contributed by atoms with E-state index in [2.05, 4.69) is 22.9 Å². The summed E-state index contributed by atoms with van der Waals surface area (Å²) in [6.45, 7) is 4.30. The largest absolute Gasteiger partial charge is 0.335 e. The molecule has 4 nitrogen and oxygen atoms in total. The molecule has 0 aromatic rings. The van der Waals surface area contributed by atoms with E-state index in [1.54, 1.807) is 0 Å². The van der Waals surface area contributed by atoms with Crippen molar-refractivity contribution in [3.05, 3.63) is 0 Å². The van der Waals surface area contributed by atoms with E-state index in [-0.39, 0.29) is 12.1 Å². The lowest BCUT2D eigenvalue weighted by atomic mass is 9.91. The second-order valence-electron chi connectivity index (χ2n) is 5.83. The van der Waals surface area contributed by atoms with Crippen LogP contribution in [0.4, 0.5) is 4.79 Å². The van der Waals surface area contributed by atoms with Crippen LogP contribution in [0, 0.1) is 5.92 Å². The van der Waals surface area contributed by atoms with Crippen LogP contribution in [0.2, 0.25) is 0 Å². The molecular weight excluding hydrogens is 226 g/mol. The number of carbonyl (C=O) groups excluding carboxylic acids is 1. The highest BCUT2D eigenvalue weighted by molar-refractivity contribution is 5.74. The van der Waals surface area contributed by atoms with Gasteiger partial charge in [-0.25, -0.2) is 4.79 Å². The number of rotatable bonds is 3. The standard InChI is InChI=1S/C14H27N3O/c1-11(12-7-9-15-10-8-12)16-14(18)17-13-5-3-2-4-6-13/h11-13,15H,2-10H2,1H3,(H2,16,17,18). The predicted molar refractivity (Wildman–Crippen MR) is 73.6 cm³/mol. The first-order chi connectivity index (χ1) is 8.75. The minimum absolute atomic E-state index is 0.0351. The summed E-state index contributed by atoms with van der Waals surface area (Å²) in [4.78, 5) is 11.9. The summed E-state index contributed by atoms with van der Waals surface area (Å²) in [6.07, 6.45) is 8.48. The molecule has 2 fully saturated rings. The number of piperidine rings is 1. The third-order valence-corrected chi connectivity index (χ3v) is 4.39. The fraction of sp³-hybridized carbons (Fsp3) is 0.929. The normalized spacial score (nSPS) is 24.5. The van der Waals surface area contributed by atoms with E-state index in [1.165, 1.54) is 32.1 Å². The smallest absolute Gasteiger partial charge is 0.315 e. The lowest BCUT2D eigenvalue weighted by molar-refractivity contribution is 0.219. The number of nitrogens with one attached hydrogen (secondary N) is 3. The van der Waals surface area contributed by atoms with Gasteiger partial charge in [0.1, 0.15) is 0 Å². The Kier molecular flexibility index (Phi) is 5.29. The molecular formula is C14H27N3O. The Morgan fingerprint density at radius 3 is 2.44 bits per heavy atom. The zero-order valence-corrected chi connectivity index (χ0v) is 11.5. The van der Waals surface area contributed by atoms with Crippen LogP contribution in [-0.2, 0) is 0 Å². The number of amides is 2. The van der Waals surface area contributed by atoms with Crippen molar-refractivity contribution >= 4 is 6.03 Å². The molecule has 0 bridgehead atoms. The van der Waals surface area contributed by atoms with Crippen molar-refractivity contribution in [1.82, 2.24) is 16.0 Å². The first kappa shape index (κ1) is 13.7. The van der Waals surface area contributed by atoms with Crippen LogP contribution in [0.3, 0.4) is 0 Å². The van der Waals surface area contributed by atoms with E-state index >= 15 is 0 Å². The maximum absolute atomic E-state index is 11.9. The van der Waals surface area contributed by atoms with Gasteiger partial charge in [-0.2, -0.15) is 0 Å². The van der Waals surface area contributed by atoms with Crippen molar-refractivity contribution < 1.29 is 4.79 Å². The summed E-state index contributed by atoms with van der Waals surface area (Å²) in [5, 5.41) is 9.60. The Bertz CT molecular complexity index is 258. The predicted octanol–water partition coefficient (Wildman–Crippen LogP) is 2.01. The molecule has 3 N–H and O–H groups in total. The van der Waals surface area contributed by atoms with Crippen LogP contribution in [-0.4, -0.2) is 31.2 Å². The molecule has 0 aromatic carbocycles.